The van der Waals surface area contributed by atoms with Gasteiger partial charge in [0.25, 0.3) is 5.91 Å². The Morgan fingerprint density at radius 3 is 2.26 bits per heavy atom. The second kappa shape index (κ2) is 8.38. The predicted octanol–water partition coefficient (Wildman–Crippen LogP) is 6.19. The topological polar surface area (TPSA) is 46.6 Å². The van der Waals surface area contributed by atoms with Crippen LogP contribution in [0.3, 0.4) is 0 Å². The van der Waals surface area contributed by atoms with E-state index in [1.54, 1.807) is 11.2 Å². The largest absolute Gasteiger partial charge is 0.473 e. The van der Waals surface area contributed by atoms with E-state index in [4.69, 9.17) is 4.74 Å². The van der Waals surface area contributed by atoms with Gasteiger partial charge in [0.1, 0.15) is 0 Å². The van der Waals surface area contributed by atoms with E-state index in [2.05, 4.69) is 30.3 Å². The van der Waals surface area contributed by atoms with Crippen molar-refractivity contribution >= 4 is 17.4 Å². The van der Waals surface area contributed by atoms with E-state index in [-0.39, 0.29) is 23.5 Å². The van der Waals surface area contributed by atoms with E-state index in [1.165, 1.54) is 11.1 Å². The van der Waals surface area contributed by atoms with E-state index >= 15 is 0 Å². The lowest BCUT2D eigenvalue weighted by Crippen LogP contribution is -2.36. The quantitative estimate of drug-likeness (QED) is 0.344. The number of amides is 1. The van der Waals surface area contributed by atoms with Crippen LogP contribution in [0.5, 0.6) is 0 Å². The second-order valence-electron chi connectivity index (χ2n) is 9.70. The Balaban J connectivity index is 1.27. The van der Waals surface area contributed by atoms with Crippen LogP contribution in [-0.2, 0) is 20.7 Å². The van der Waals surface area contributed by atoms with Gasteiger partial charge < -0.3 is 4.74 Å². The number of Topliss-reactive ketones (excluding diaryl/α,β-unsaturated/α-hetero) is 1. The molecular formula is C31H27NO3. The van der Waals surface area contributed by atoms with Crippen LogP contribution in [0.4, 0.5) is 5.69 Å². The molecule has 0 radical (unpaired) electrons. The van der Waals surface area contributed by atoms with Gasteiger partial charge in [-0.15, -0.1) is 0 Å². The zero-order valence-electron chi connectivity index (χ0n) is 19.9. The molecule has 1 amide bonds. The molecule has 2 aliphatic carbocycles. The fourth-order valence-corrected chi connectivity index (χ4v) is 5.77. The summed E-state index contributed by atoms with van der Waals surface area (Å²) in [5.74, 6) is 0.470. The lowest BCUT2D eigenvalue weighted by Gasteiger charge is -2.26. The first kappa shape index (κ1) is 21.6. The predicted molar refractivity (Wildman–Crippen MR) is 137 cm³/mol. The molecule has 1 saturated carbocycles. The highest BCUT2D eigenvalue weighted by Crippen LogP contribution is 2.49. The first-order valence-electron chi connectivity index (χ1n) is 12.2. The van der Waals surface area contributed by atoms with Crippen LogP contribution < -0.4 is 4.90 Å². The number of carbonyl (C=O) groups is 2. The Kier molecular flexibility index (Phi) is 5.18. The number of anilines is 1. The highest BCUT2D eigenvalue weighted by molar-refractivity contribution is 6.09. The van der Waals surface area contributed by atoms with Gasteiger partial charge in [0.15, 0.2) is 5.78 Å². The fraction of sp³-hybridized carbons (Fsp3) is 0.226. The Morgan fingerprint density at radius 1 is 0.800 bits per heavy atom. The monoisotopic (exact) mass is 461 g/mol. The van der Waals surface area contributed by atoms with Crippen molar-refractivity contribution in [3.8, 4) is 11.1 Å². The lowest BCUT2D eigenvalue weighted by molar-refractivity contribution is -0.115. The summed E-state index contributed by atoms with van der Waals surface area (Å²) in [5, 5.41) is 0. The summed E-state index contributed by atoms with van der Waals surface area (Å²) in [6.07, 6.45) is 2.47. The molecule has 1 heterocycles. The molecule has 4 heteroatoms. The molecule has 3 unspecified atom stereocenters. The van der Waals surface area contributed by atoms with Gasteiger partial charge in [0.05, 0.1) is 6.26 Å². The van der Waals surface area contributed by atoms with Gasteiger partial charge in [0.2, 0.25) is 6.23 Å². The first-order valence-corrected chi connectivity index (χ1v) is 12.2. The normalized spacial score (nSPS) is 24.3. The summed E-state index contributed by atoms with van der Waals surface area (Å²) in [4.78, 5) is 27.8. The van der Waals surface area contributed by atoms with Crippen molar-refractivity contribution in [2.75, 3.05) is 4.90 Å². The van der Waals surface area contributed by atoms with Crippen molar-refractivity contribution in [2.45, 2.75) is 38.8 Å². The van der Waals surface area contributed by atoms with Crippen LogP contribution in [0.15, 0.2) is 102 Å². The smallest absolute Gasteiger partial charge is 0.257 e. The number of rotatable bonds is 4. The second-order valence-corrected chi connectivity index (χ2v) is 9.70. The Hall–Kier alpha value is -3.92. The van der Waals surface area contributed by atoms with Crippen LogP contribution >= 0.6 is 0 Å². The third-order valence-corrected chi connectivity index (χ3v) is 7.82. The van der Waals surface area contributed by atoms with Crippen LogP contribution in [0.25, 0.3) is 11.1 Å². The lowest BCUT2D eigenvalue weighted by atomic mass is 9.95. The molecule has 0 bridgehead atoms. The Morgan fingerprint density at radius 2 is 1.49 bits per heavy atom. The standard InChI is InChI=1S/C31H27NO3/c1-19-20(2)31(32(30(19)34)24-14-12-22(13-15-24)21-8-4-3-5-9-21)35-18-28-26-16-23-10-6-7-11-25(23)27(26)17-29(28)33/h3-15,18,26-27,31H,16-17H2,1-2H3/b28-18+. The molecule has 174 valence electrons. The van der Waals surface area contributed by atoms with Gasteiger partial charge in [-0.1, -0.05) is 66.7 Å². The number of carbonyl (C=O) groups excluding carboxylic acids is 2. The van der Waals surface area contributed by atoms with Crippen molar-refractivity contribution < 1.29 is 14.3 Å². The van der Waals surface area contributed by atoms with Gasteiger partial charge in [-0.25, -0.2) is 0 Å². The van der Waals surface area contributed by atoms with Crippen molar-refractivity contribution in [1.82, 2.24) is 0 Å². The summed E-state index contributed by atoms with van der Waals surface area (Å²) in [6.45, 7) is 3.77. The number of hydrogen-bond donors (Lipinski definition) is 0. The minimum Gasteiger partial charge on any atom is -0.473 e. The first-order chi connectivity index (χ1) is 17.0. The SMILES string of the molecule is CC1=C(C)C(O/C=C2/C(=O)CC3c4ccccc4CC23)N(c2ccc(-c3ccccc3)cc2)C1=O. The zero-order chi connectivity index (χ0) is 24.1. The van der Waals surface area contributed by atoms with Crippen LogP contribution in [-0.4, -0.2) is 17.9 Å². The maximum Gasteiger partial charge on any atom is 0.257 e. The van der Waals surface area contributed by atoms with Crippen LogP contribution in [0.1, 0.15) is 37.3 Å². The maximum atomic E-state index is 13.2. The van der Waals surface area contributed by atoms with Gasteiger partial charge in [-0.2, -0.15) is 0 Å². The molecule has 3 aliphatic rings. The highest BCUT2D eigenvalue weighted by Gasteiger charge is 2.44. The van der Waals surface area contributed by atoms with E-state index in [0.29, 0.717) is 12.0 Å². The van der Waals surface area contributed by atoms with Crippen molar-refractivity contribution in [3.05, 3.63) is 113 Å². The minimum atomic E-state index is -0.562. The van der Waals surface area contributed by atoms with Crippen LogP contribution in [0, 0.1) is 5.92 Å². The third kappa shape index (κ3) is 3.52. The maximum absolute atomic E-state index is 13.2. The molecule has 35 heavy (non-hydrogen) atoms. The van der Waals surface area contributed by atoms with Crippen LogP contribution in [0.2, 0.25) is 0 Å². The molecule has 1 aliphatic heterocycles. The summed E-state index contributed by atoms with van der Waals surface area (Å²) in [6, 6.07) is 26.5. The van der Waals surface area contributed by atoms with Crippen molar-refractivity contribution in [3.63, 3.8) is 0 Å². The number of nitrogens with zero attached hydrogens (tertiary/aromatic N) is 1. The van der Waals surface area contributed by atoms with E-state index in [1.807, 2.05) is 62.4 Å². The summed E-state index contributed by atoms with van der Waals surface area (Å²) in [5.41, 5.74) is 7.90. The van der Waals surface area contributed by atoms with E-state index in [9.17, 15) is 9.59 Å². The third-order valence-electron chi connectivity index (χ3n) is 7.82. The van der Waals surface area contributed by atoms with Crippen molar-refractivity contribution in [2.24, 2.45) is 5.92 Å². The average Bonchev–Trinajstić information content (AvgIpc) is 3.47. The molecule has 1 fully saturated rings. The minimum absolute atomic E-state index is 0.0674. The number of allylic oxidation sites excluding steroid dienone is 1. The Bertz CT molecular complexity index is 1380. The number of ketones is 1. The van der Waals surface area contributed by atoms with E-state index in [0.717, 1.165) is 34.4 Å². The van der Waals surface area contributed by atoms with Gasteiger partial charge in [-0.05, 0) is 66.1 Å². The number of benzene rings is 3. The molecular weight excluding hydrogens is 434 g/mol. The number of fused-ring (bicyclic) bond motifs is 3. The zero-order valence-corrected chi connectivity index (χ0v) is 19.9. The van der Waals surface area contributed by atoms with Crippen molar-refractivity contribution in [1.29, 1.82) is 0 Å². The fourth-order valence-electron chi connectivity index (χ4n) is 5.77. The highest BCUT2D eigenvalue weighted by atomic mass is 16.5. The summed E-state index contributed by atoms with van der Waals surface area (Å²) >= 11 is 0. The molecule has 3 atom stereocenters. The Labute approximate surface area is 205 Å². The molecule has 0 saturated heterocycles. The average molecular weight is 462 g/mol. The number of ether oxygens (including phenoxy) is 1. The van der Waals surface area contributed by atoms with Gasteiger partial charge in [0, 0.05) is 29.2 Å². The molecule has 3 aromatic carbocycles. The van der Waals surface area contributed by atoms with Gasteiger partial charge in [-0.3, -0.25) is 14.5 Å². The molecule has 4 nitrogen and oxygen atoms in total. The molecule has 0 N–H and O–H groups in total. The molecule has 0 aromatic heterocycles. The summed E-state index contributed by atoms with van der Waals surface area (Å²) in [7, 11) is 0. The molecule has 6 rings (SSSR count). The molecule has 0 spiro atoms. The van der Waals surface area contributed by atoms with Gasteiger partial charge >= 0.3 is 0 Å². The number of hydrogen-bond acceptors (Lipinski definition) is 3. The molecule has 3 aromatic rings. The summed E-state index contributed by atoms with van der Waals surface area (Å²) < 4.78 is 6.26. The van der Waals surface area contributed by atoms with E-state index < -0.39 is 6.23 Å².